The smallest absolute Gasteiger partial charge is 0.308 e. The van der Waals surface area contributed by atoms with Crippen molar-refractivity contribution in [2.24, 2.45) is 5.92 Å². The van der Waals surface area contributed by atoms with Gasteiger partial charge >= 0.3 is 5.97 Å². The van der Waals surface area contributed by atoms with Gasteiger partial charge in [-0.25, -0.2) is 4.39 Å². The van der Waals surface area contributed by atoms with Crippen molar-refractivity contribution < 1.29 is 14.3 Å². The Hall–Kier alpha value is -1.58. The number of rotatable bonds is 3. The first kappa shape index (κ1) is 10.9. The first-order valence-corrected chi connectivity index (χ1v) is 5.42. The van der Waals surface area contributed by atoms with Crippen molar-refractivity contribution in [1.29, 1.82) is 0 Å². The van der Waals surface area contributed by atoms with Crippen molar-refractivity contribution in [2.75, 3.05) is 5.32 Å². The highest BCUT2D eigenvalue weighted by Crippen LogP contribution is 2.28. The second-order valence-corrected chi connectivity index (χ2v) is 4.13. The van der Waals surface area contributed by atoms with E-state index in [1.165, 1.54) is 12.1 Å². The Morgan fingerprint density at radius 2 is 2.00 bits per heavy atom. The van der Waals surface area contributed by atoms with Crippen LogP contribution in [0.25, 0.3) is 0 Å². The van der Waals surface area contributed by atoms with Gasteiger partial charge in [-0.3, -0.25) is 4.79 Å². The molecular formula is C12H14FNO2. The normalized spacial score (nSPS) is 24.3. The lowest BCUT2D eigenvalue weighted by Gasteiger charge is -2.18. The highest BCUT2D eigenvalue weighted by Gasteiger charge is 2.32. The van der Waals surface area contributed by atoms with E-state index in [0.717, 1.165) is 18.5 Å². The molecule has 1 fully saturated rings. The molecule has 2 rings (SSSR count). The van der Waals surface area contributed by atoms with Crippen LogP contribution in [0.3, 0.4) is 0 Å². The first-order chi connectivity index (χ1) is 7.66. The number of aliphatic carboxylic acids is 1. The van der Waals surface area contributed by atoms with Gasteiger partial charge in [0.25, 0.3) is 0 Å². The minimum atomic E-state index is -0.753. The standard InChI is InChI=1S/C12H14FNO2/c13-8-4-6-9(7-5-8)14-11-3-1-2-10(11)12(15)16/h4-7,10-11,14H,1-3H2,(H,15,16). The van der Waals surface area contributed by atoms with Gasteiger partial charge in [0.1, 0.15) is 5.82 Å². The van der Waals surface area contributed by atoms with Crippen molar-refractivity contribution >= 4 is 11.7 Å². The van der Waals surface area contributed by atoms with Crippen molar-refractivity contribution in [3.63, 3.8) is 0 Å². The number of halogens is 1. The molecule has 3 nitrogen and oxygen atoms in total. The van der Waals surface area contributed by atoms with E-state index in [1.807, 2.05) is 0 Å². The molecule has 0 heterocycles. The van der Waals surface area contributed by atoms with Crippen LogP contribution in [-0.2, 0) is 4.79 Å². The molecular weight excluding hydrogens is 209 g/mol. The number of carboxylic acid groups (broad SMARTS) is 1. The molecule has 1 aromatic rings. The molecule has 0 radical (unpaired) electrons. The number of hydrogen-bond acceptors (Lipinski definition) is 2. The van der Waals surface area contributed by atoms with E-state index in [1.54, 1.807) is 12.1 Å². The number of carboxylic acids is 1. The molecule has 0 aromatic heterocycles. The average molecular weight is 223 g/mol. The van der Waals surface area contributed by atoms with Crippen molar-refractivity contribution in [2.45, 2.75) is 25.3 Å². The van der Waals surface area contributed by atoms with Crippen LogP contribution in [-0.4, -0.2) is 17.1 Å². The van der Waals surface area contributed by atoms with E-state index in [0.29, 0.717) is 6.42 Å². The molecule has 1 aliphatic carbocycles. The molecule has 0 aliphatic heterocycles. The van der Waals surface area contributed by atoms with Crippen LogP contribution in [0.2, 0.25) is 0 Å². The van der Waals surface area contributed by atoms with Gasteiger partial charge < -0.3 is 10.4 Å². The minimum absolute atomic E-state index is 0.0389. The summed E-state index contributed by atoms with van der Waals surface area (Å²) in [5.41, 5.74) is 0.777. The van der Waals surface area contributed by atoms with Crippen LogP contribution in [0.4, 0.5) is 10.1 Å². The Kier molecular flexibility index (Phi) is 3.08. The predicted molar refractivity (Wildman–Crippen MR) is 58.8 cm³/mol. The highest BCUT2D eigenvalue weighted by atomic mass is 19.1. The Morgan fingerprint density at radius 1 is 1.31 bits per heavy atom. The molecule has 1 aliphatic rings. The quantitative estimate of drug-likeness (QED) is 0.827. The van der Waals surface area contributed by atoms with Crippen molar-refractivity contribution in [3.05, 3.63) is 30.1 Å². The van der Waals surface area contributed by atoms with E-state index in [2.05, 4.69) is 5.32 Å². The Bertz CT molecular complexity index is 377. The first-order valence-electron chi connectivity index (χ1n) is 5.42. The zero-order chi connectivity index (χ0) is 11.5. The Labute approximate surface area is 93.3 Å². The monoisotopic (exact) mass is 223 g/mol. The van der Waals surface area contributed by atoms with Crippen LogP contribution in [0.15, 0.2) is 24.3 Å². The molecule has 0 amide bonds. The summed E-state index contributed by atoms with van der Waals surface area (Å²) in [4.78, 5) is 11.0. The SMILES string of the molecule is O=C(O)C1CCCC1Nc1ccc(F)cc1. The summed E-state index contributed by atoms with van der Waals surface area (Å²) in [5, 5.41) is 12.2. The summed E-state index contributed by atoms with van der Waals surface area (Å²) >= 11 is 0. The summed E-state index contributed by atoms with van der Waals surface area (Å²) in [5.74, 6) is -1.37. The maximum absolute atomic E-state index is 12.7. The molecule has 0 bridgehead atoms. The van der Waals surface area contributed by atoms with Crippen molar-refractivity contribution in [3.8, 4) is 0 Å². The average Bonchev–Trinajstić information content (AvgIpc) is 2.69. The van der Waals surface area contributed by atoms with Gasteiger partial charge in [0.15, 0.2) is 0 Å². The van der Waals surface area contributed by atoms with Gasteiger partial charge in [0.2, 0.25) is 0 Å². The van der Waals surface area contributed by atoms with Gasteiger partial charge in [-0.05, 0) is 37.1 Å². The largest absolute Gasteiger partial charge is 0.481 e. The zero-order valence-electron chi connectivity index (χ0n) is 8.82. The topological polar surface area (TPSA) is 49.3 Å². The maximum Gasteiger partial charge on any atom is 0.308 e. The number of carbonyl (C=O) groups is 1. The lowest BCUT2D eigenvalue weighted by Crippen LogP contribution is -2.29. The molecule has 4 heteroatoms. The van der Waals surface area contributed by atoms with E-state index < -0.39 is 5.97 Å². The van der Waals surface area contributed by atoms with Gasteiger partial charge in [0.05, 0.1) is 5.92 Å². The summed E-state index contributed by atoms with van der Waals surface area (Å²) in [6.07, 6.45) is 2.50. The number of anilines is 1. The molecule has 16 heavy (non-hydrogen) atoms. The second-order valence-electron chi connectivity index (χ2n) is 4.13. The van der Waals surface area contributed by atoms with E-state index in [4.69, 9.17) is 5.11 Å². The second kappa shape index (κ2) is 4.51. The fraction of sp³-hybridized carbons (Fsp3) is 0.417. The number of nitrogens with one attached hydrogen (secondary N) is 1. The fourth-order valence-electron chi connectivity index (χ4n) is 2.19. The van der Waals surface area contributed by atoms with Gasteiger partial charge in [0, 0.05) is 11.7 Å². The zero-order valence-corrected chi connectivity index (χ0v) is 8.82. The molecule has 2 unspecified atom stereocenters. The number of hydrogen-bond donors (Lipinski definition) is 2. The van der Waals surface area contributed by atoms with Crippen LogP contribution in [0.1, 0.15) is 19.3 Å². The summed E-state index contributed by atoms with van der Waals surface area (Å²) < 4.78 is 12.7. The maximum atomic E-state index is 12.7. The lowest BCUT2D eigenvalue weighted by atomic mass is 10.0. The van der Waals surface area contributed by atoms with Crippen LogP contribution in [0, 0.1) is 11.7 Å². The van der Waals surface area contributed by atoms with Crippen LogP contribution < -0.4 is 5.32 Å². The van der Waals surface area contributed by atoms with Crippen molar-refractivity contribution in [1.82, 2.24) is 0 Å². The molecule has 2 N–H and O–H groups in total. The Balaban J connectivity index is 2.03. The molecule has 0 saturated heterocycles. The Morgan fingerprint density at radius 3 is 2.62 bits per heavy atom. The molecule has 1 aromatic carbocycles. The highest BCUT2D eigenvalue weighted by molar-refractivity contribution is 5.72. The van der Waals surface area contributed by atoms with E-state index in [-0.39, 0.29) is 17.8 Å². The molecule has 1 saturated carbocycles. The summed E-state index contributed by atoms with van der Waals surface area (Å²) in [6, 6.07) is 5.96. The molecule has 2 atom stereocenters. The predicted octanol–water partition coefficient (Wildman–Crippen LogP) is 2.49. The molecule has 0 spiro atoms. The third-order valence-corrected chi connectivity index (χ3v) is 3.03. The summed E-state index contributed by atoms with van der Waals surface area (Å²) in [7, 11) is 0. The van der Waals surface area contributed by atoms with E-state index in [9.17, 15) is 9.18 Å². The molecule has 86 valence electrons. The summed E-state index contributed by atoms with van der Waals surface area (Å²) in [6.45, 7) is 0. The van der Waals surface area contributed by atoms with Gasteiger partial charge in [-0.2, -0.15) is 0 Å². The van der Waals surface area contributed by atoms with E-state index >= 15 is 0 Å². The van der Waals surface area contributed by atoms with Gasteiger partial charge in [-0.1, -0.05) is 6.42 Å². The van der Waals surface area contributed by atoms with Crippen LogP contribution >= 0.6 is 0 Å². The number of benzene rings is 1. The lowest BCUT2D eigenvalue weighted by molar-refractivity contribution is -0.141. The van der Waals surface area contributed by atoms with Gasteiger partial charge in [-0.15, -0.1) is 0 Å². The third kappa shape index (κ3) is 2.32. The minimum Gasteiger partial charge on any atom is -0.481 e. The third-order valence-electron chi connectivity index (χ3n) is 3.03. The fourth-order valence-corrected chi connectivity index (χ4v) is 2.19. The van der Waals surface area contributed by atoms with Crippen LogP contribution in [0.5, 0.6) is 0 Å².